The van der Waals surface area contributed by atoms with Crippen molar-refractivity contribution >= 4 is 18.6 Å². The van der Waals surface area contributed by atoms with Gasteiger partial charge in [0.2, 0.25) is 0 Å². The van der Waals surface area contributed by atoms with Gasteiger partial charge in [0.25, 0.3) is 0 Å². The van der Waals surface area contributed by atoms with Gasteiger partial charge in [-0.2, -0.15) is 0 Å². The van der Waals surface area contributed by atoms with Gasteiger partial charge < -0.3 is 25.1 Å². The molecule has 1 aromatic carbocycles. The van der Waals surface area contributed by atoms with Crippen LogP contribution in [0.4, 0.5) is 4.79 Å². The van der Waals surface area contributed by atoms with E-state index in [-0.39, 0.29) is 30.8 Å². The molecule has 0 bridgehead atoms. The zero-order valence-electron chi connectivity index (χ0n) is 13.3. The summed E-state index contributed by atoms with van der Waals surface area (Å²) in [5, 5.41) is 8.96. The third-order valence-electron chi connectivity index (χ3n) is 2.54. The molecule has 0 aliphatic carbocycles. The number of aliphatic hydroxyl groups excluding tert-OH is 1. The fraction of sp³-hybridized carbons (Fsp3) is 0.533. The van der Waals surface area contributed by atoms with Crippen molar-refractivity contribution in [3.63, 3.8) is 0 Å². The molecule has 1 unspecified atom stereocenters. The highest BCUT2D eigenvalue weighted by atomic mass is 35.5. The maximum atomic E-state index is 11.7. The molecule has 7 heteroatoms. The number of benzene rings is 1. The van der Waals surface area contributed by atoms with E-state index in [1.54, 1.807) is 39.0 Å². The lowest BCUT2D eigenvalue weighted by atomic mass is 10.1. The van der Waals surface area contributed by atoms with Crippen LogP contribution in [-0.2, 0) is 11.2 Å². The second-order valence-electron chi connectivity index (χ2n) is 5.70. The zero-order chi connectivity index (χ0) is 16.0. The Morgan fingerprint density at radius 3 is 2.45 bits per heavy atom. The SMILES string of the molecule is COc1cc(CC(N)CO)ccc1OC(=O)OC(C)(C)C.Cl. The Morgan fingerprint density at radius 2 is 1.95 bits per heavy atom. The van der Waals surface area contributed by atoms with Crippen molar-refractivity contribution in [3.05, 3.63) is 23.8 Å². The Morgan fingerprint density at radius 1 is 1.32 bits per heavy atom. The lowest BCUT2D eigenvalue weighted by Crippen LogP contribution is -2.27. The summed E-state index contributed by atoms with van der Waals surface area (Å²) in [6.07, 6.45) is -0.292. The van der Waals surface area contributed by atoms with Crippen molar-refractivity contribution in [1.82, 2.24) is 0 Å². The topological polar surface area (TPSA) is 91.0 Å². The predicted molar refractivity (Wildman–Crippen MR) is 85.9 cm³/mol. The molecule has 6 nitrogen and oxygen atoms in total. The van der Waals surface area contributed by atoms with Gasteiger partial charge in [0.15, 0.2) is 11.5 Å². The van der Waals surface area contributed by atoms with Crippen LogP contribution in [0, 0.1) is 0 Å². The van der Waals surface area contributed by atoms with Crippen LogP contribution < -0.4 is 15.2 Å². The van der Waals surface area contributed by atoms with Crippen LogP contribution >= 0.6 is 12.4 Å². The summed E-state index contributed by atoms with van der Waals surface area (Å²) in [5.74, 6) is 0.677. The fourth-order valence-corrected chi connectivity index (χ4v) is 1.65. The predicted octanol–water partition coefficient (Wildman–Crippen LogP) is 2.29. The highest BCUT2D eigenvalue weighted by Gasteiger charge is 2.19. The Labute approximate surface area is 137 Å². The first-order chi connectivity index (χ1) is 9.75. The number of carbonyl (C=O) groups is 1. The third kappa shape index (κ3) is 6.98. The van der Waals surface area contributed by atoms with Crippen LogP contribution in [-0.4, -0.2) is 36.6 Å². The summed E-state index contributed by atoms with van der Waals surface area (Å²) in [4.78, 5) is 11.7. The van der Waals surface area contributed by atoms with Crippen LogP contribution in [0.2, 0.25) is 0 Å². The lowest BCUT2D eigenvalue weighted by molar-refractivity contribution is 0.0201. The molecule has 1 aromatic rings. The Kier molecular flexibility index (Phi) is 8.22. The largest absolute Gasteiger partial charge is 0.514 e. The Balaban J connectivity index is 0.00000441. The molecule has 0 amide bonds. The standard InChI is InChI=1S/C15H23NO5.ClH/c1-15(2,3)21-14(18)20-12-6-5-10(7-11(16)9-17)8-13(12)19-4;/h5-6,8,11,17H,7,9,16H2,1-4H3;1H. The van der Waals surface area contributed by atoms with E-state index in [1.165, 1.54) is 7.11 Å². The van der Waals surface area contributed by atoms with Crippen molar-refractivity contribution in [2.45, 2.75) is 38.8 Å². The summed E-state index contributed by atoms with van der Waals surface area (Å²) < 4.78 is 15.4. The van der Waals surface area contributed by atoms with Gasteiger partial charge in [-0.25, -0.2) is 4.79 Å². The van der Waals surface area contributed by atoms with E-state index in [2.05, 4.69) is 0 Å². The molecule has 0 saturated carbocycles. The van der Waals surface area contributed by atoms with Crippen LogP contribution in [0.25, 0.3) is 0 Å². The van der Waals surface area contributed by atoms with Gasteiger partial charge in [-0.15, -0.1) is 12.4 Å². The van der Waals surface area contributed by atoms with Gasteiger partial charge in [0, 0.05) is 6.04 Å². The van der Waals surface area contributed by atoms with E-state index < -0.39 is 11.8 Å². The van der Waals surface area contributed by atoms with Crippen molar-refractivity contribution in [2.24, 2.45) is 5.73 Å². The summed E-state index contributed by atoms with van der Waals surface area (Å²) in [5.41, 5.74) is 5.94. The minimum atomic E-state index is -0.791. The van der Waals surface area contributed by atoms with Crippen molar-refractivity contribution in [3.8, 4) is 11.5 Å². The van der Waals surface area contributed by atoms with Gasteiger partial charge in [0.1, 0.15) is 5.60 Å². The van der Waals surface area contributed by atoms with E-state index in [1.807, 2.05) is 0 Å². The lowest BCUT2D eigenvalue weighted by Gasteiger charge is -2.19. The molecule has 1 atom stereocenters. The highest BCUT2D eigenvalue weighted by molar-refractivity contribution is 5.85. The van der Waals surface area contributed by atoms with Gasteiger partial charge in [-0.3, -0.25) is 0 Å². The van der Waals surface area contributed by atoms with E-state index in [0.29, 0.717) is 12.2 Å². The van der Waals surface area contributed by atoms with E-state index in [0.717, 1.165) is 5.56 Å². The van der Waals surface area contributed by atoms with E-state index in [4.69, 9.17) is 25.1 Å². The van der Waals surface area contributed by atoms with Crippen LogP contribution in [0.1, 0.15) is 26.3 Å². The van der Waals surface area contributed by atoms with Crippen molar-refractivity contribution < 1.29 is 24.1 Å². The molecule has 0 aliphatic rings. The molecular formula is C15H24ClNO5. The minimum absolute atomic E-state index is 0. The number of hydrogen-bond donors (Lipinski definition) is 2. The first-order valence-corrected chi connectivity index (χ1v) is 6.69. The number of nitrogens with two attached hydrogens (primary N) is 1. The number of methoxy groups -OCH3 is 1. The molecule has 0 saturated heterocycles. The molecule has 22 heavy (non-hydrogen) atoms. The maximum absolute atomic E-state index is 11.7. The highest BCUT2D eigenvalue weighted by Crippen LogP contribution is 2.29. The van der Waals surface area contributed by atoms with E-state index >= 15 is 0 Å². The summed E-state index contributed by atoms with van der Waals surface area (Å²) in [6, 6.07) is 4.75. The molecule has 3 N–H and O–H groups in total. The molecular weight excluding hydrogens is 310 g/mol. The fourth-order valence-electron chi connectivity index (χ4n) is 1.65. The maximum Gasteiger partial charge on any atom is 0.514 e. The van der Waals surface area contributed by atoms with Crippen molar-refractivity contribution in [1.29, 1.82) is 0 Å². The van der Waals surface area contributed by atoms with Crippen LogP contribution in [0.5, 0.6) is 11.5 Å². The number of aliphatic hydroxyl groups is 1. The summed E-state index contributed by atoms with van der Waals surface area (Å²) in [7, 11) is 1.48. The first kappa shape index (κ1) is 20.5. The normalized spacial score (nSPS) is 12.1. The Hall–Kier alpha value is -1.50. The minimum Gasteiger partial charge on any atom is -0.493 e. The summed E-state index contributed by atoms with van der Waals surface area (Å²) in [6.45, 7) is 5.17. The molecule has 0 aliphatic heterocycles. The second-order valence-corrected chi connectivity index (χ2v) is 5.70. The van der Waals surface area contributed by atoms with Gasteiger partial charge >= 0.3 is 6.16 Å². The van der Waals surface area contributed by atoms with Gasteiger partial charge in [0.05, 0.1) is 13.7 Å². The molecule has 0 spiro atoms. The average molecular weight is 334 g/mol. The zero-order valence-corrected chi connectivity index (χ0v) is 14.1. The number of carbonyl (C=O) groups excluding carboxylic acids is 1. The monoisotopic (exact) mass is 333 g/mol. The van der Waals surface area contributed by atoms with E-state index in [9.17, 15) is 4.79 Å². The smallest absolute Gasteiger partial charge is 0.493 e. The first-order valence-electron chi connectivity index (χ1n) is 6.69. The number of halogens is 1. The number of rotatable bonds is 5. The Bertz CT molecular complexity index is 487. The number of hydrogen-bond acceptors (Lipinski definition) is 6. The van der Waals surface area contributed by atoms with Crippen molar-refractivity contribution in [2.75, 3.05) is 13.7 Å². The van der Waals surface area contributed by atoms with Crippen LogP contribution in [0.3, 0.4) is 0 Å². The summed E-state index contributed by atoms with van der Waals surface area (Å²) >= 11 is 0. The number of ether oxygens (including phenoxy) is 3. The molecule has 1 rings (SSSR count). The second kappa shape index (κ2) is 8.82. The molecule has 0 radical (unpaired) electrons. The molecule has 0 fully saturated rings. The third-order valence-corrected chi connectivity index (χ3v) is 2.54. The average Bonchev–Trinajstić information content (AvgIpc) is 2.38. The van der Waals surface area contributed by atoms with Gasteiger partial charge in [-0.1, -0.05) is 6.07 Å². The molecule has 126 valence electrons. The van der Waals surface area contributed by atoms with Crippen LogP contribution in [0.15, 0.2) is 18.2 Å². The molecule has 0 aromatic heterocycles. The molecule has 0 heterocycles. The van der Waals surface area contributed by atoms with Gasteiger partial charge in [-0.05, 0) is 44.9 Å². The quantitative estimate of drug-likeness (QED) is 0.634.